The number of oxazole rings is 1. The van der Waals surface area contributed by atoms with E-state index >= 15 is 0 Å². The molecule has 0 aliphatic carbocycles. The highest BCUT2D eigenvalue weighted by molar-refractivity contribution is 7.99. The number of hydrogen-bond donors (Lipinski definition) is 1. The molecule has 0 amide bonds. The van der Waals surface area contributed by atoms with Gasteiger partial charge in [-0.15, -0.1) is 0 Å². The molecule has 0 aliphatic rings. The fraction of sp³-hybridized carbons (Fsp3) is 0.455. The van der Waals surface area contributed by atoms with Crippen molar-refractivity contribution in [3.8, 4) is 0 Å². The van der Waals surface area contributed by atoms with Gasteiger partial charge in [-0.3, -0.25) is 4.68 Å². The van der Waals surface area contributed by atoms with E-state index in [1.807, 2.05) is 14.0 Å². The lowest BCUT2D eigenvalue weighted by Gasteiger charge is -1.98. The first kappa shape index (κ1) is 12.0. The molecule has 6 heteroatoms. The maximum Gasteiger partial charge on any atom is 0.262 e. The SMILES string of the molecule is CCCc1nn(C)c(Sc2nc(C)co2)c1N. The van der Waals surface area contributed by atoms with Crippen LogP contribution in [0, 0.1) is 6.92 Å². The second-order valence-electron chi connectivity index (χ2n) is 3.90. The standard InChI is InChI=1S/C11H16N4OS/c1-4-5-8-9(12)10(15(3)14-8)17-11-13-7(2)6-16-11/h6H,4-5,12H2,1-3H3. The van der Waals surface area contributed by atoms with Crippen molar-refractivity contribution in [3.05, 3.63) is 17.7 Å². The smallest absolute Gasteiger partial charge is 0.262 e. The van der Waals surface area contributed by atoms with Crippen molar-refractivity contribution in [2.75, 3.05) is 5.73 Å². The number of anilines is 1. The Hall–Kier alpha value is -1.43. The van der Waals surface area contributed by atoms with Gasteiger partial charge in [0.25, 0.3) is 5.22 Å². The topological polar surface area (TPSA) is 69.9 Å². The Balaban J connectivity index is 2.26. The first-order valence-corrected chi connectivity index (χ1v) is 6.34. The number of rotatable bonds is 4. The Labute approximate surface area is 104 Å². The van der Waals surface area contributed by atoms with Gasteiger partial charge >= 0.3 is 0 Å². The van der Waals surface area contributed by atoms with Gasteiger partial charge in [-0.25, -0.2) is 4.98 Å². The van der Waals surface area contributed by atoms with Gasteiger partial charge in [-0.05, 0) is 25.1 Å². The molecule has 0 saturated heterocycles. The summed E-state index contributed by atoms with van der Waals surface area (Å²) in [6.07, 6.45) is 3.55. The highest BCUT2D eigenvalue weighted by atomic mass is 32.2. The molecule has 0 saturated carbocycles. The van der Waals surface area contributed by atoms with E-state index in [2.05, 4.69) is 17.0 Å². The summed E-state index contributed by atoms with van der Waals surface area (Å²) in [5, 5.41) is 5.89. The van der Waals surface area contributed by atoms with Crippen molar-refractivity contribution >= 4 is 17.4 Å². The lowest BCUT2D eigenvalue weighted by atomic mass is 10.2. The highest BCUT2D eigenvalue weighted by Gasteiger charge is 2.16. The number of aromatic nitrogens is 3. The molecule has 2 rings (SSSR count). The van der Waals surface area contributed by atoms with Crippen LogP contribution in [0.1, 0.15) is 24.7 Å². The van der Waals surface area contributed by atoms with Gasteiger partial charge in [0, 0.05) is 7.05 Å². The molecule has 0 bridgehead atoms. The van der Waals surface area contributed by atoms with E-state index in [4.69, 9.17) is 10.2 Å². The zero-order valence-electron chi connectivity index (χ0n) is 10.2. The zero-order chi connectivity index (χ0) is 12.4. The Bertz CT molecular complexity index is 518. The quantitative estimate of drug-likeness (QED) is 0.904. The molecular weight excluding hydrogens is 236 g/mol. The van der Waals surface area contributed by atoms with Gasteiger partial charge in [0.05, 0.1) is 17.1 Å². The Morgan fingerprint density at radius 3 is 2.88 bits per heavy atom. The molecule has 2 N–H and O–H groups in total. The van der Waals surface area contributed by atoms with Crippen molar-refractivity contribution in [1.82, 2.24) is 14.8 Å². The maximum absolute atomic E-state index is 6.07. The molecule has 0 atom stereocenters. The van der Waals surface area contributed by atoms with Gasteiger partial charge in [-0.1, -0.05) is 13.3 Å². The minimum Gasteiger partial charge on any atom is -0.439 e. The summed E-state index contributed by atoms with van der Waals surface area (Å²) in [4.78, 5) is 4.24. The zero-order valence-corrected chi connectivity index (χ0v) is 11.0. The van der Waals surface area contributed by atoms with Crippen LogP contribution in [-0.4, -0.2) is 14.8 Å². The van der Waals surface area contributed by atoms with Crippen LogP contribution in [0.2, 0.25) is 0 Å². The minimum atomic E-state index is 0.597. The summed E-state index contributed by atoms with van der Waals surface area (Å²) in [6, 6.07) is 0. The summed E-state index contributed by atoms with van der Waals surface area (Å²) in [5.41, 5.74) is 8.61. The maximum atomic E-state index is 6.07. The van der Waals surface area contributed by atoms with Crippen LogP contribution in [0.3, 0.4) is 0 Å². The number of nitrogen functional groups attached to an aromatic ring is 1. The predicted octanol–water partition coefficient (Wildman–Crippen LogP) is 2.40. The minimum absolute atomic E-state index is 0.597. The normalized spacial score (nSPS) is 11.0. The third-order valence-electron chi connectivity index (χ3n) is 2.37. The molecule has 0 unspecified atom stereocenters. The molecule has 17 heavy (non-hydrogen) atoms. The molecule has 2 heterocycles. The number of nitrogens with two attached hydrogens (primary N) is 1. The molecule has 0 radical (unpaired) electrons. The van der Waals surface area contributed by atoms with E-state index in [0.29, 0.717) is 5.22 Å². The van der Waals surface area contributed by atoms with Gasteiger partial charge in [0.1, 0.15) is 11.3 Å². The van der Waals surface area contributed by atoms with Gasteiger partial charge in [0.2, 0.25) is 0 Å². The van der Waals surface area contributed by atoms with Gasteiger partial charge in [0.15, 0.2) is 0 Å². The third-order valence-corrected chi connectivity index (χ3v) is 3.41. The molecule has 2 aromatic heterocycles. The monoisotopic (exact) mass is 252 g/mol. The average molecular weight is 252 g/mol. The molecule has 0 aliphatic heterocycles. The molecule has 92 valence electrons. The van der Waals surface area contributed by atoms with Gasteiger partial charge < -0.3 is 10.2 Å². The van der Waals surface area contributed by atoms with Crippen molar-refractivity contribution in [1.29, 1.82) is 0 Å². The second-order valence-corrected chi connectivity index (χ2v) is 4.84. The van der Waals surface area contributed by atoms with Crippen LogP contribution in [-0.2, 0) is 13.5 Å². The second kappa shape index (κ2) is 4.83. The first-order chi connectivity index (χ1) is 8.11. The summed E-state index contributed by atoms with van der Waals surface area (Å²) in [5.74, 6) is 0. The summed E-state index contributed by atoms with van der Waals surface area (Å²) in [6.45, 7) is 4.00. The van der Waals surface area contributed by atoms with E-state index < -0.39 is 0 Å². The first-order valence-electron chi connectivity index (χ1n) is 5.53. The molecule has 5 nitrogen and oxygen atoms in total. The van der Waals surface area contributed by atoms with Crippen LogP contribution in [0.5, 0.6) is 0 Å². The fourth-order valence-electron chi connectivity index (χ4n) is 1.58. The average Bonchev–Trinajstić information content (AvgIpc) is 2.79. The van der Waals surface area contributed by atoms with E-state index in [1.165, 1.54) is 11.8 Å². The molecule has 0 fully saturated rings. The predicted molar refractivity (Wildman–Crippen MR) is 67.0 cm³/mol. The number of aryl methyl sites for hydroxylation is 3. The van der Waals surface area contributed by atoms with E-state index in [-0.39, 0.29) is 0 Å². The summed E-state index contributed by atoms with van der Waals surface area (Å²) >= 11 is 1.41. The van der Waals surface area contributed by atoms with Gasteiger partial charge in [-0.2, -0.15) is 5.10 Å². The summed E-state index contributed by atoms with van der Waals surface area (Å²) < 4.78 is 7.08. The Kier molecular flexibility index (Phi) is 3.42. The van der Waals surface area contributed by atoms with Crippen LogP contribution in [0.25, 0.3) is 0 Å². The highest BCUT2D eigenvalue weighted by Crippen LogP contribution is 2.33. The molecule has 2 aromatic rings. The van der Waals surface area contributed by atoms with E-state index in [0.717, 1.165) is 34.9 Å². The van der Waals surface area contributed by atoms with Crippen LogP contribution >= 0.6 is 11.8 Å². The van der Waals surface area contributed by atoms with Crippen LogP contribution in [0.4, 0.5) is 5.69 Å². The fourth-order valence-corrected chi connectivity index (χ4v) is 2.43. The Morgan fingerprint density at radius 2 is 2.29 bits per heavy atom. The molecule has 0 spiro atoms. The summed E-state index contributed by atoms with van der Waals surface area (Å²) in [7, 11) is 1.88. The van der Waals surface area contributed by atoms with Crippen molar-refractivity contribution in [2.24, 2.45) is 7.05 Å². The van der Waals surface area contributed by atoms with E-state index in [9.17, 15) is 0 Å². The third kappa shape index (κ3) is 2.46. The van der Waals surface area contributed by atoms with Crippen LogP contribution < -0.4 is 5.73 Å². The largest absolute Gasteiger partial charge is 0.439 e. The van der Waals surface area contributed by atoms with Crippen molar-refractivity contribution < 1.29 is 4.42 Å². The van der Waals surface area contributed by atoms with Crippen LogP contribution in [0.15, 0.2) is 20.9 Å². The van der Waals surface area contributed by atoms with Crippen molar-refractivity contribution in [2.45, 2.75) is 36.9 Å². The lowest BCUT2D eigenvalue weighted by molar-refractivity contribution is 0.453. The Morgan fingerprint density at radius 1 is 1.53 bits per heavy atom. The van der Waals surface area contributed by atoms with E-state index in [1.54, 1.807) is 10.9 Å². The van der Waals surface area contributed by atoms with Crippen molar-refractivity contribution in [3.63, 3.8) is 0 Å². The lowest BCUT2D eigenvalue weighted by Crippen LogP contribution is -1.93. The number of nitrogens with zero attached hydrogens (tertiary/aromatic N) is 3. The molecular formula is C11H16N4OS. The molecule has 0 aromatic carbocycles. The number of hydrogen-bond acceptors (Lipinski definition) is 5.